The largest absolute Gasteiger partial charge is 0.497 e. The fourth-order valence-corrected chi connectivity index (χ4v) is 3.15. The van der Waals surface area contributed by atoms with Crippen molar-refractivity contribution in [1.29, 1.82) is 0 Å². The molecule has 9 nitrogen and oxygen atoms in total. The van der Waals surface area contributed by atoms with Gasteiger partial charge in [-0.3, -0.25) is 0 Å². The Hall–Kier alpha value is -2.63. The zero-order chi connectivity index (χ0) is 22.2. The number of halogens is 1. The fraction of sp³-hybridized carbons (Fsp3) is 0.455. The second kappa shape index (κ2) is 12.4. The van der Waals surface area contributed by atoms with Gasteiger partial charge in [0.15, 0.2) is 11.8 Å². The van der Waals surface area contributed by atoms with Crippen LogP contribution < -0.4 is 15.4 Å². The van der Waals surface area contributed by atoms with Gasteiger partial charge in [-0.2, -0.15) is 0 Å². The minimum absolute atomic E-state index is 0. The molecule has 10 heteroatoms. The average molecular weight is 553 g/mol. The second-order valence-electron chi connectivity index (χ2n) is 7.18. The van der Waals surface area contributed by atoms with Gasteiger partial charge < -0.3 is 24.5 Å². The lowest BCUT2D eigenvalue weighted by atomic mass is 10.1. The van der Waals surface area contributed by atoms with Crippen molar-refractivity contribution in [2.45, 2.75) is 53.2 Å². The first-order valence-electron chi connectivity index (χ1n) is 10.5. The summed E-state index contributed by atoms with van der Waals surface area (Å²) in [5.74, 6) is 4.12. The molecule has 0 aliphatic heterocycles. The Labute approximate surface area is 206 Å². The Morgan fingerprint density at radius 1 is 1.09 bits per heavy atom. The van der Waals surface area contributed by atoms with Gasteiger partial charge in [-0.25, -0.2) is 4.99 Å². The summed E-state index contributed by atoms with van der Waals surface area (Å²) in [6.07, 6.45) is 1.62. The number of ether oxygens (including phenoxy) is 1. The highest BCUT2D eigenvalue weighted by atomic mass is 127. The molecule has 2 N–H and O–H groups in total. The van der Waals surface area contributed by atoms with Crippen molar-refractivity contribution in [3.8, 4) is 5.75 Å². The van der Waals surface area contributed by atoms with E-state index in [1.54, 1.807) is 7.11 Å². The molecule has 0 amide bonds. The maximum Gasteiger partial charge on any atom is 0.192 e. The number of nitrogens with one attached hydrogen (secondary N) is 2. The minimum Gasteiger partial charge on any atom is -0.497 e. The molecular formula is C22H32IN7O2. The number of nitrogens with zero attached hydrogens (tertiary/aromatic N) is 5. The summed E-state index contributed by atoms with van der Waals surface area (Å²) >= 11 is 0. The van der Waals surface area contributed by atoms with Crippen LogP contribution in [0.15, 0.2) is 33.8 Å². The molecule has 0 saturated heterocycles. The summed E-state index contributed by atoms with van der Waals surface area (Å²) in [5.41, 5.74) is 3.16. The van der Waals surface area contributed by atoms with Crippen molar-refractivity contribution in [2.75, 3.05) is 7.11 Å². The van der Waals surface area contributed by atoms with Crippen LogP contribution in [0.25, 0.3) is 0 Å². The summed E-state index contributed by atoms with van der Waals surface area (Å²) in [4.78, 5) is 4.76. The van der Waals surface area contributed by atoms with Gasteiger partial charge in [-0.15, -0.1) is 34.2 Å². The van der Waals surface area contributed by atoms with Crippen LogP contribution in [0.2, 0.25) is 0 Å². The molecule has 3 aromatic rings. The van der Waals surface area contributed by atoms with E-state index in [0.717, 1.165) is 52.8 Å². The predicted octanol–water partition coefficient (Wildman–Crippen LogP) is 3.30. The summed E-state index contributed by atoms with van der Waals surface area (Å²) in [7, 11) is 3.61. The van der Waals surface area contributed by atoms with Crippen LogP contribution in [-0.2, 0) is 39.5 Å². The van der Waals surface area contributed by atoms with Gasteiger partial charge in [0.1, 0.15) is 17.3 Å². The number of methoxy groups -OCH3 is 1. The fourth-order valence-electron chi connectivity index (χ4n) is 3.15. The monoisotopic (exact) mass is 553 g/mol. The summed E-state index contributed by atoms with van der Waals surface area (Å²) in [5, 5.41) is 19.3. The van der Waals surface area contributed by atoms with Crippen molar-refractivity contribution in [2.24, 2.45) is 12.0 Å². The van der Waals surface area contributed by atoms with Gasteiger partial charge in [0.2, 0.25) is 0 Å². The van der Waals surface area contributed by atoms with E-state index in [1.165, 1.54) is 0 Å². The van der Waals surface area contributed by atoms with Crippen molar-refractivity contribution < 1.29 is 9.26 Å². The van der Waals surface area contributed by atoms with Crippen LogP contribution in [0.4, 0.5) is 0 Å². The Kier molecular flexibility index (Phi) is 9.95. The van der Waals surface area contributed by atoms with Gasteiger partial charge in [0, 0.05) is 25.6 Å². The molecule has 0 aliphatic rings. The van der Waals surface area contributed by atoms with E-state index < -0.39 is 0 Å². The molecular weight excluding hydrogens is 521 g/mol. The normalized spacial score (nSPS) is 11.2. The lowest BCUT2D eigenvalue weighted by Gasteiger charge is -2.13. The van der Waals surface area contributed by atoms with Gasteiger partial charge >= 0.3 is 0 Å². The van der Waals surface area contributed by atoms with Gasteiger partial charge in [0.25, 0.3) is 0 Å². The topological polar surface area (TPSA) is 102 Å². The summed E-state index contributed by atoms with van der Waals surface area (Å²) in [6, 6.07) is 7.89. The third-order valence-corrected chi connectivity index (χ3v) is 5.22. The van der Waals surface area contributed by atoms with E-state index in [-0.39, 0.29) is 24.0 Å². The lowest BCUT2D eigenvalue weighted by molar-refractivity contribution is 0.380. The molecule has 0 saturated carbocycles. The van der Waals surface area contributed by atoms with Gasteiger partial charge in [0.05, 0.1) is 25.9 Å². The second-order valence-corrected chi connectivity index (χ2v) is 7.18. The molecule has 0 fully saturated rings. The predicted molar refractivity (Wildman–Crippen MR) is 134 cm³/mol. The standard InChI is InChI=1S/C22H31N7O2.HI/c1-6-19-18(20(7-2)31-28-19)13-24-22(25-14-21-27-26-15(3)29(21)4)23-12-16-8-10-17(30-5)11-9-16;/h8-11H,6-7,12-14H2,1-5H3,(H2,23,24,25);1H. The average Bonchev–Trinajstić information content (AvgIpc) is 3.35. The minimum atomic E-state index is 0. The number of aromatic nitrogens is 4. The van der Waals surface area contributed by atoms with Crippen LogP contribution in [0.5, 0.6) is 5.75 Å². The zero-order valence-electron chi connectivity index (χ0n) is 19.3. The maximum absolute atomic E-state index is 5.48. The zero-order valence-corrected chi connectivity index (χ0v) is 21.6. The third kappa shape index (κ3) is 6.44. The molecule has 2 aromatic heterocycles. The van der Waals surface area contributed by atoms with E-state index in [9.17, 15) is 0 Å². The molecule has 1 aromatic carbocycles. The van der Waals surface area contributed by atoms with E-state index in [0.29, 0.717) is 25.6 Å². The first-order chi connectivity index (χ1) is 15.0. The number of aliphatic imine (C=N–C) groups is 1. The van der Waals surface area contributed by atoms with E-state index >= 15 is 0 Å². The number of aryl methyl sites for hydroxylation is 3. The van der Waals surface area contributed by atoms with Gasteiger partial charge in [-0.05, 0) is 31.0 Å². The molecule has 0 spiro atoms. The van der Waals surface area contributed by atoms with E-state index in [4.69, 9.17) is 14.3 Å². The SMILES string of the molecule is CCc1noc(CC)c1CNC(=NCc1ccc(OC)cc1)NCc1nnc(C)n1C.I. The summed E-state index contributed by atoms with van der Waals surface area (Å²) in [6.45, 7) is 7.70. The molecule has 0 unspecified atom stereocenters. The highest BCUT2D eigenvalue weighted by Gasteiger charge is 2.14. The van der Waals surface area contributed by atoms with Crippen LogP contribution in [0.1, 0.15) is 48.1 Å². The Balaban J connectivity index is 0.00000363. The molecule has 32 heavy (non-hydrogen) atoms. The first-order valence-corrected chi connectivity index (χ1v) is 10.5. The molecule has 2 heterocycles. The third-order valence-electron chi connectivity index (χ3n) is 5.22. The van der Waals surface area contributed by atoms with Gasteiger partial charge in [-0.1, -0.05) is 31.1 Å². The van der Waals surface area contributed by atoms with Crippen molar-refractivity contribution >= 4 is 29.9 Å². The molecule has 174 valence electrons. The Morgan fingerprint density at radius 2 is 1.81 bits per heavy atom. The highest BCUT2D eigenvalue weighted by molar-refractivity contribution is 14.0. The lowest BCUT2D eigenvalue weighted by Crippen LogP contribution is -2.37. The van der Waals surface area contributed by atoms with Crippen molar-refractivity contribution in [3.63, 3.8) is 0 Å². The maximum atomic E-state index is 5.48. The molecule has 3 rings (SSSR count). The number of hydrogen-bond donors (Lipinski definition) is 2. The van der Waals surface area contributed by atoms with Crippen LogP contribution in [-0.4, -0.2) is 33.0 Å². The Morgan fingerprint density at radius 3 is 2.41 bits per heavy atom. The molecule has 0 aliphatic carbocycles. The van der Waals surface area contributed by atoms with Crippen LogP contribution in [0.3, 0.4) is 0 Å². The van der Waals surface area contributed by atoms with Crippen molar-refractivity contribution in [3.05, 3.63) is 58.5 Å². The van der Waals surface area contributed by atoms with E-state index in [2.05, 4.69) is 39.8 Å². The number of rotatable bonds is 9. The number of guanidine groups is 1. The number of benzene rings is 1. The highest BCUT2D eigenvalue weighted by Crippen LogP contribution is 2.16. The van der Waals surface area contributed by atoms with E-state index in [1.807, 2.05) is 42.8 Å². The molecule has 0 radical (unpaired) electrons. The smallest absolute Gasteiger partial charge is 0.192 e. The van der Waals surface area contributed by atoms with Crippen LogP contribution in [0, 0.1) is 6.92 Å². The molecule has 0 atom stereocenters. The quantitative estimate of drug-likeness (QED) is 0.238. The molecule has 0 bridgehead atoms. The first kappa shape index (κ1) is 25.6. The van der Waals surface area contributed by atoms with Crippen molar-refractivity contribution in [1.82, 2.24) is 30.6 Å². The Bertz CT molecular complexity index is 990. The summed E-state index contributed by atoms with van der Waals surface area (Å²) < 4.78 is 12.7. The van der Waals surface area contributed by atoms with Crippen LogP contribution >= 0.6 is 24.0 Å². The number of hydrogen-bond acceptors (Lipinski definition) is 6.